The molecule has 0 rings (SSSR count). The van der Waals surface area contributed by atoms with Gasteiger partial charge in [-0.25, -0.2) is 0 Å². The van der Waals surface area contributed by atoms with Gasteiger partial charge >= 0.3 is 17.9 Å². The van der Waals surface area contributed by atoms with Crippen LogP contribution < -0.4 is 0 Å². The van der Waals surface area contributed by atoms with Gasteiger partial charge in [0.05, 0.1) is 0 Å². The molecule has 6 heteroatoms. The maximum absolute atomic E-state index is 12.8. The molecule has 0 aromatic carbocycles. The van der Waals surface area contributed by atoms with Crippen molar-refractivity contribution >= 4 is 17.9 Å². The summed E-state index contributed by atoms with van der Waals surface area (Å²) < 4.78 is 16.8. The molecular formula is C65H100O6. The zero-order chi connectivity index (χ0) is 51.4. The number of ether oxygens (including phenoxy) is 3. The van der Waals surface area contributed by atoms with Gasteiger partial charge in [0.15, 0.2) is 6.10 Å². The Morgan fingerprint density at radius 3 is 0.901 bits per heavy atom. The average molecular weight is 978 g/mol. The van der Waals surface area contributed by atoms with Crippen LogP contribution in [0.3, 0.4) is 0 Å². The molecule has 1 atom stereocenters. The van der Waals surface area contributed by atoms with Crippen molar-refractivity contribution in [1.82, 2.24) is 0 Å². The summed E-state index contributed by atoms with van der Waals surface area (Å²) in [6.45, 7) is 6.27. The van der Waals surface area contributed by atoms with Crippen LogP contribution in [0.4, 0.5) is 0 Å². The third-order valence-electron chi connectivity index (χ3n) is 11.0. The Kier molecular flexibility index (Phi) is 53.6. The van der Waals surface area contributed by atoms with Crippen LogP contribution in [0.1, 0.15) is 213 Å². The fourth-order valence-electron chi connectivity index (χ4n) is 6.86. The van der Waals surface area contributed by atoms with E-state index < -0.39 is 6.10 Å². The molecule has 0 fully saturated rings. The predicted octanol–water partition coefficient (Wildman–Crippen LogP) is 19.0. The molecule has 0 aliphatic rings. The Morgan fingerprint density at radius 1 is 0.296 bits per heavy atom. The number of hydrogen-bond acceptors (Lipinski definition) is 6. The van der Waals surface area contributed by atoms with E-state index in [1.165, 1.54) is 25.7 Å². The van der Waals surface area contributed by atoms with Crippen LogP contribution in [0.2, 0.25) is 0 Å². The number of esters is 3. The van der Waals surface area contributed by atoms with Crippen molar-refractivity contribution in [3.8, 4) is 0 Å². The monoisotopic (exact) mass is 977 g/mol. The first-order valence-electron chi connectivity index (χ1n) is 28.0. The number of hydrogen-bond donors (Lipinski definition) is 0. The van der Waals surface area contributed by atoms with Crippen molar-refractivity contribution in [2.75, 3.05) is 13.2 Å². The number of carbonyl (C=O) groups is 3. The van der Waals surface area contributed by atoms with Gasteiger partial charge in [0.2, 0.25) is 0 Å². The molecule has 71 heavy (non-hydrogen) atoms. The van der Waals surface area contributed by atoms with Gasteiger partial charge in [-0.1, -0.05) is 211 Å². The van der Waals surface area contributed by atoms with Crippen molar-refractivity contribution in [3.05, 3.63) is 158 Å². The highest BCUT2D eigenvalue weighted by Gasteiger charge is 2.19. The van der Waals surface area contributed by atoms with Crippen molar-refractivity contribution in [3.63, 3.8) is 0 Å². The summed E-state index contributed by atoms with van der Waals surface area (Å²) in [5.41, 5.74) is 0. The minimum Gasteiger partial charge on any atom is -0.462 e. The van der Waals surface area contributed by atoms with Crippen LogP contribution in [0.5, 0.6) is 0 Å². The molecule has 0 aliphatic carbocycles. The number of unbranched alkanes of at least 4 members (excludes halogenated alkanes) is 11. The zero-order valence-electron chi connectivity index (χ0n) is 45.2. The van der Waals surface area contributed by atoms with Crippen LogP contribution in [-0.4, -0.2) is 37.2 Å². The van der Waals surface area contributed by atoms with E-state index in [1.807, 2.05) is 0 Å². The van der Waals surface area contributed by atoms with Crippen molar-refractivity contribution in [2.24, 2.45) is 0 Å². The average Bonchev–Trinajstić information content (AvgIpc) is 3.37. The van der Waals surface area contributed by atoms with E-state index in [-0.39, 0.29) is 37.5 Å². The SMILES string of the molecule is CC/C=C\C/C=C\C/C=C\C/C=C\C/C=C\CCCCCC(=O)OC[C@H](COC(=O)CCCCCC/C=C\C/C=C\C/C=C\C/C=C\CC)OC(=O)CCC/C=C\C/C=C\C/C=C\C/C=C\CCCCC. The molecule has 396 valence electrons. The van der Waals surface area contributed by atoms with Crippen molar-refractivity contribution in [2.45, 2.75) is 219 Å². The van der Waals surface area contributed by atoms with E-state index in [0.29, 0.717) is 19.3 Å². The largest absolute Gasteiger partial charge is 0.462 e. The quantitative estimate of drug-likeness (QED) is 0.0262. The Morgan fingerprint density at radius 2 is 0.563 bits per heavy atom. The molecule has 0 aromatic rings. The van der Waals surface area contributed by atoms with Crippen LogP contribution in [0, 0.1) is 0 Å². The highest BCUT2D eigenvalue weighted by atomic mass is 16.6. The van der Waals surface area contributed by atoms with E-state index in [1.54, 1.807) is 0 Å². The second-order valence-electron chi connectivity index (χ2n) is 17.7. The van der Waals surface area contributed by atoms with E-state index in [9.17, 15) is 14.4 Å². The minimum atomic E-state index is -0.839. The molecular weight excluding hydrogens is 877 g/mol. The fraction of sp³-hybridized carbons (Fsp3) is 0.554. The predicted molar refractivity (Wildman–Crippen MR) is 306 cm³/mol. The highest BCUT2D eigenvalue weighted by molar-refractivity contribution is 5.71. The molecule has 0 N–H and O–H groups in total. The molecule has 0 heterocycles. The van der Waals surface area contributed by atoms with Gasteiger partial charge in [0.1, 0.15) is 13.2 Å². The van der Waals surface area contributed by atoms with E-state index in [4.69, 9.17) is 14.2 Å². The van der Waals surface area contributed by atoms with E-state index in [2.05, 4.69) is 179 Å². The van der Waals surface area contributed by atoms with Crippen molar-refractivity contribution in [1.29, 1.82) is 0 Å². The fourth-order valence-corrected chi connectivity index (χ4v) is 6.86. The lowest BCUT2D eigenvalue weighted by Crippen LogP contribution is -2.30. The Labute approximate surface area is 435 Å². The van der Waals surface area contributed by atoms with E-state index in [0.717, 1.165) is 141 Å². The number of carbonyl (C=O) groups excluding carboxylic acids is 3. The first-order chi connectivity index (χ1) is 35.0. The van der Waals surface area contributed by atoms with Crippen LogP contribution in [0.25, 0.3) is 0 Å². The Hall–Kier alpha value is -4.97. The lowest BCUT2D eigenvalue weighted by atomic mass is 10.1. The molecule has 6 nitrogen and oxygen atoms in total. The highest BCUT2D eigenvalue weighted by Crippen LogP contribution is 2.11. The first kappa shape index (κ1) is 66.0. The molecule has 0 spiro atoms. The topological polar surface area (TPSA) is 78.9 Å². The van der Waals surface area contributed by atoms with Gasteiger partial charge in [-0.05, 0) is 141 Å². The lowest BCUT2D eigenvalue weighted by molar-refractivity contribution is -0.167. The van der Waals surface area contributed by atoms with Gasteiger partial charge in [-0.2, -0.15) is 0 Å². The molecule has 0 amide bonds. The lowest BCUT2D eigenvalue weighted by Gasteiger charge is -2.18. The molecule has 0 saturated heterocycles. The number of rotatable bonds is 48. The van der Waals surface area contributed by atoms with Gasteiger partial charge in [-0.3, -0.25) is 14.4 Å². The van der Waals surface area contributed by atoms with E-state index >= 15 is 0 Å². The zero-order valence-corrected chi connectivity index (χ0v) is 45.2. The van der Waals surface area contributed by atoms with Crippen LogP contribution in [-0.2, 0) is 28.6 Å². The second kappa shape index (κ2) is 57.6. The second-order valence-corrected chi connectivity index (χ2v) is 17.7. The molecule has 0 unspecified atom stereocenters. The van der Waals surface area contributed by atoms with Gasteiger partial charge in [0.25, 0.3) is 0 Å². The minimum absolute atomic E-state index is 0.131. The number of allylic oxidation sites excluding steroid dienone is 26. The third-order valence-corrected chi connectivity index (χ3v) is 11.0. The van der Waals surface area contributed by atoms with Crippen LogP contribution >= 0.6 is 0 Å². The van der Waals surface area contributed by atoms with Gasteiger partial charge < -0.3 is 14.2 Å². The van der Waals surface area contributed by atoms with Crippen LogP contribution in [0.15, 0.2) is 158 Å². The molecule has 0 saturated carbocycles. The van der Waals surface area contributed by atoms with Gasteiger partial charge in [0, 0.05) is 19.3 Å². The molecule has 0 aliphatic heterocycles. The molecule has 0 aromatic heterocycles. The summed E-state index contributed by atoms with van der Waals surface area (Å²) in [6, 6.07) is 0. The summed E-state index contributed by atoms with van der Waals surface area (Å²) in [6.07, 6.45) is 83.7. The first-order valence-corrected chi connectivity index (χ1v) is 28.0. The molecule has 0 bridgehead atoms. The summed E-state index contributed by atoms with van der Waals surface area (Å²) in [5.74, 6) is -1.05. The summed E-state index contributed by atoms with van der Waals surface area (Å²) in [4.78, 5) is 38.1. The summed E-state index contributed by atoms with van der Waals surface area (Å²) >= 11 is 0. The third kappa shape index (κ3) is 55.8. The maximum atomic E-state index is 12.8. The smallest absolute Gasteiger partial charge is 0.306 e. The maximum Gasteiger partial charge on any atom is 0.306 e. The Balaban J connectivity index is 4.62. The standard InChI is InChI=1S/C65H100O6/c1-4-7-10-13-16-19-22-25-28-31-32-35-37-40-43-46-49-52-55-58-64(67)70-61-62(71-65(68)59-56-53-50-47-44-41-38-34-30-27-24-21-18-15-12-9-6-3)60-69-63(66)57-54-51-48-45-42-39-36-33-29-26-23-20-17-14-11-8-5-2/h7-8,10-11,16-21,25-30,32,35-36,38-41,43,47,50,62H,4-6,9,12-15,22-24,31,33-34,37,42,44-46,48-49,51-61H2,1-3H3/b10-7-,11-8-,19-16-,20-17-,21-18-,28-25-,29-26-,30-27-,35-32-,39-36-,41-38-,43-40-,50-47-/t62-/m0/s1. The molecule has 0 radical (unpaired) electrons. The Bertz CT molecular complexity index is 1640. The van der Waals surface area contributed by atoms with Crippen molar-refractivity contribution < 1.29 is 28.6 Å². The van der Waals surface area contributed by atoms with Gasteiger partial charge in [-0.15, -0.1) is 0 Å². The summed E-state index contributed by atoms with van der Waals surface area (Å²) in [5, 5.41) is 0. The normalized spacial score (nSPS) is 13.3. The summed E-state index contributed by atoms with van der Waals surface area (Å²) in [7, 11) is 0.